The van der Waals surface area contributed by atoms with Crippen LogP contribution in [0.2, 0.25) is 0 Å². The first kappa shape index (κ1) is 14.2. The third-order valence-electron chi connectivity index (χ3n) is 3.46. The minimum Gasteiger partial charge on any atom is -0.388 e. The van der Waals surface area contributed by atoms with Crippen molar-refractivity contribution in [2.75, 3.05) is 0 Å². The van der Waals surface area contributed by atoms with Gasteiger partial charge in [0.05, 0.1) is 17.7 Å². The third kappa shape index (κ3) is 2.71. The summed E-state index contributed by atoms with van der Waals surface area (Å²) in [5, 5.41) is 19.3. The number of aryl methyl sites for hydroxylation is 1. The van der Waals surface area contributed by atoms with E-state index in [1.54, 1.807) is 12.4 Å². The molecule has 102 valence electrons. The molecule has 0 saturated carbocycles. The van der Waals surface area contributed by atoms with Crippen LogP contribution in [0.4, 0.5) is 0 Å². The van der Waals surface area contributed by atoms with Gasteiger partial charge in [0.25, 0.3) is 0 Å². The summed E-state index contributed by atoms with van der Waals surface area (Å²) in [4.78, 5) is 4.16. The van der Waals surface area contributed by atoms with E-state index in [1.165, 1.54) is 0 Å². The number of benzene rings is 1. The lowest BCUT2D eigenvalue weighted by Crippen LogP contribution is -2.07. The van der Waals surface area contributed by atoms with Gasteiger partial charge in [-0.05, 0) is 41.7 Å². The van der Waals surface area contributed by atoms with Crippen molar-refractivity contribution >= 4 is 0 Å². The van der Waals surface area contributed by atoms with Crippen molar-refractivity contribution in [3.63, 3.8) is 0 Å². The Hall–Kier alpha value is -2.18. The highest BCUT2D eigenvalue weighted by Crippen LogP contribution is 2.31. The second kappa shape index (κ2) is 5.85. The number of aromatic nitrogens is 1. The molecule has 0 amide bonds. The maximum absolute atomic E-state index is 10.3. The minimum absolute atomic E-state index is 0.135. The molecule has 1 atom stereocenters. The highest BCUT2D eigenvalue weighted by molar-refractivity contribution is 5.68. The summed E-state index contributed by atoms with van der Waals surface area (Å²) in [6.45, 7) is 5.88. The molecule has 3 nitrogen and oxygen atoms in total. The van der Waals surface area contributed by atoms with Gasteiger partial charge < -0.3 is 5.11 Å². The summed E-state index contributed by atoms with van der Waals surface area (Å²) >= 11 is 0. The first-order chi connectivity index (χ1) is 9.54. The van der Waals surface area contributed by atoms with Crippen molar-refractivity contribution in [2.45, 2.75) is 26.9 Å². The van der Waals surface area contributed by atoms with Crippen molar-refractivity contribution in [3.8, 4) is 17.2 Å². The van der Waals surface area contributed by atoms with Crippen molar-refractivity contribution in [3.05, 3.63) is 53.3 Å². The Morgan fingerprint density at radius 3 is 2.60 bits per heavy atom. The van der Waals surface area contributed by atoms with Gasteiger partial charge in [-0.3, -0.25) is 4.98 Å². The molecular formula is C17H18N2O. The molecule has 0 spiro atoms. The molecule has 1 aromatic heterocycles. The number of rotatable bonds is 3. The number of aliphatic hydroxyl groups excluding tert-OH is 1. The molecule has 0 aliphatic heterocycles. The fraction of sp³-hybridized carbons (Fsp3) is 0.294. The molecule has 1 aromatic carbocycles. The number of aliphatic hydroxyl groups is 1. The van der Waals surface area contributed by atoms with E-state index in [0.717, 1.165) is 22.3 Å². The van der Waals surface area contributed by atoms with Crippen LogP contribution in [0.1, 0.15) is 36.6 Å². The molecule has 3 heteroatoms. The first-order valence-electron chi connectivity index (χ1n) is 6.67. The van der Waals surface area contributed by atoms with E-state index in [4.69, 9.17) is 5.26 Å². The van der Waals surface area contributed by atoms with Crippen LogP contribution < -0.4 is 0 Å². The summed E-state index contributed by atoms with van der Waals surface area (Å²) in [5.74, 6) is 0.135. The molecular weight excluding hydrogens is 248 g/mol. The van der Waals surface area contributed by atoms with Crippen LogP contribution >= 0.6 is 0 Å². The van der Waals surface area contributed by atoms with Crippen molar-refractivity contribution in [1.29, 1.82) is 5.26 Å². The number of hydrogen-bond donors (Lipinski definition) is 1. The van der Waals surface area contributed by atoms with Gasteiger partial charge in [-0.1, -0.05) is 26.0 Å². The molecule has 20 heavy (non-hydrogen) atoms. The average Bonchev–Trinajstić information content (AvgIpc) is 2.46. The molecule has 0 radical (unpaired) electrons. The Kier molecular flexibility index (Phi) is 4.16. The monoisotopic (exact) mass is 266 g/mol. The van der Waals surface area contributed by atoms with Crippen molar-refractivity contribution in [1.82, 2.24) is 4.98 Å². The van der Waals surface area contributed by atoms with E-state index < -0.39 is 6.10 Å². The predicted molar refractivity (Wildman–Crippen MR) is 78.9 cm³/mol. The molecule has 1 N–H and O–H groups in total. The van der Waals surface area contributed by atoms with Gasteiger partial charge in [-0.2, -0.15) is 5.26 Å². The maximum Gasteiger partial charge on any atom is 0.0994 e. The average molecular weight is 266 g/mol. The fourth-order valence-corrected chi connectivity index (χ4v) is 2.22. The molecule has 2 aromatic rings. The van der Waals surface area contributed by atoms with Crippen molar-refractivity contribution < 1.29 is 5.11 Å². The second-order valence-corrected chi connectivity index (χ2v) is 5.29. The van der Waals surface area contributed by atoms with Crippen LogP contribution in [-0.2, 0) is 0 Å². The van der Waals surface area contributed by atoms with Gasteiger partial charge in [0.2, 0.25) is 0 Å². The number of pyridine rings is 1. The molecule has 0 fully saturated rings. The predicted octanol–water partition coefficient (Wildman–Crippen LogP) is 3.62. The fourth-order valence-electron chi connectivity index (χ4n) is 2.22. The molecule has 1 unspecified atom stereocenters. The van der Waals surface area contributed by atoms with Gasteiger partial charge in [-0.15, -0.1) is 0 Å². The molecule has 2 rings (SSSR count). The van der Waals surface area contributed by atoms with Crippen LogP contribution in [-0.4, -0.2) is 10.1 Å². The van der Waals surface area contributed by atoms with E-state index in [2.05, 4.69) is 11.1 Å². The topological polar surface area (TPSA) is 56.9 Å². The molecule has 1 heterocycles. The Balaban J connectivity index is 2.54. The highest BCUT2D eigenvalue weighted by atomic mass is 16.3. The van der Waals surface area contributed by atoms with Crippen LogP contribution in [0.25, 0.3) is 11.1 Å². The van der Waals surface area contributed by atoms with E-state index >= 15 is 0 Å². The summed E-state index contributed by atoms with van der Waals surface area (Å²) in [6.07, 6.45) is 2.94. The smallest absolute Gasteiger partial charge is 0.0994 e. The van der Waals surface area contributed by atoms with E-state index in [0.29, 0.717) is 5.56 Å². The molecule has 0 bridgehead atoms. The number of nitrogens with zero attached hydrogens (tertiary/aromatic N) is 2. The Morgan fingerprint density at radius 1 is 1.25 bits per heavy atom. The van der Waals surface area contributed by atoms with Crippen molar-refractivity contribution in [2.24, 2.45) is 5.92 Å². The lowest BCUT2D eigenvalue weighted by Gasteiger charge is -2.18. The number of hydrogen-bond acceptors (Lipinski definition) is 3. The summed E-state index contributed by atoms with van der Waals surface area (Å²) < 4.78 is 0. The molecule has 0 aliphatic carbocycles. The Labute approximate surface area is 119 Å². The molecule has 0 aliphatic rings. The lowest BCUT2D eigenvalue weighted by molar-refractivity contribution is 0.127. The van der Waals surface area contributed by atoms with Gasteiger partial charge in [-0.25, -0.2) is 0 Å². The summed E-state index contributed by atoms with van der Waals surface area (Å²) in [5.41, 5.74) is 4.37. The number of nitriles is 1. The molecule has 0 saturated heterocycles. The van der Waals surface area contributed by atoms with E-state index in [-0.39, 0.29) is 5.92 Å². The van der Waals surface area contributed by atoms with Crippen LogP contribution in [0.15, 0.2) is 36.7 Å². The Bertz CT molecular complexity index is 656. The van der Waals surface area contributed by atoms with E-state index in [1.807, 2.05) is 45.0 Å². The normalized spacial score (nSPS) is 12.2. The van der Waals surface area contributed by atoms with E-state index in [9.17, 15) is 5.11 Å². The van der Waals surface area contributed by atoms with Gasteiger partial charge in [0, 0.05) is 18.0 Å². The zero-order chi connectivity index (χ0) is 14.7. The van der Waals surface area contributed by atoms with Crippen LogP contribution in [0.3, 0.4) is 0 Å². The summed E-state index contributed by atoms with van der Waals surface area (Å²) in [7, 11) is 0. The SMILES string of the molecule is Cc1cc(-c2cnccc2C(O)C(C)C)ccc1C#N. The maximum atomic E-state index is 10.3. The minimum atomic E-state index is -0.524. The quantitative estimate of drug-likeness (QED) is 0.923. The zero-order valence-electron chi connectivity index (χ0n) is 12.0. The lowest BCUT2D eigenvalue weighted by atomic mass is 9.91. The first-order valence-corrected chi connectivity index (χ1v) is 6.67. The van der Waals surface area contributed by atoms with Gasteiger partial charge in [0.1, 0.15) is 0 Å². The van der Waals surface area contributed by atoms with Gasteiger partial charge in [0.15, 0.2) is 0 Å². The summed E-state index contributed by atoms with van der Waals surface area (Å²) in [6, 6.07) is 9.69. The van der Waals surface area contributed by atoms with Crippen LogP contribution in [0, 0.1) is 24.2 Å². The van der Waals surface area contributed by atoms with Crippen LogP contribution in [0.5, 0.6) is 0 Å². The zero-order valence-corrected chi connectivity index (χ0v) is 12.0. The standard InChI is InChI=1S/C17H18N2O/c1-11(2)17(20)15-6-7-19-10-16(15)13-4-5-14(9-18)12(3)8-13/h4-8,10-11,17,20H,1-3H3. The third-order valence-corrected chi connectivity index (χ3v) is 3.46. The highest BCUT2D eigenvalue weighted by Gasteiger charge is 2.17. The Morgan fingerprint density at radius 2 is 2.00 bits per heavy atom. The second-order valence-electron chi connectivity index (χ2n) is 5.29. The van der Waals surface area contributed by atoms with Gasteiger partial charge >= 0.3 is 0 Å². The largest absolute Gasteiger partial charge is 0.388 e.